The fraction of sp³-hybridized carbons (Fsp3) is 0.857. The standard InChI is InChI=1S/C14H21NO2/c1-15-12(16)9-14(13(15)17)7-6-10-4-2-3-5-11(10)8-14/h10-11H,2-9H2,1H3/t10-,11+,14+/m0/s1. The summed E-state index contributed by atoms with van der Waals surface area (Å²) in [6.07, 6.45) is 8.87. The van der Waals surface area contributed by atoms with Gasteiger partial charge in [-0.1, -0.05) is 25.7 Å². The van der Waals surface area contributed by atoms with Gasteiger partial charge >= 0.3 is 0 Å². The zero-order chi connectivity index (χ0) is 12.0. The molecular formula is C14H21NO2. The van der Waals surface area contributed by atoms with Crippen molar-refractivity contribution in [3.05, 3.63) is 0 Å². The van der Waals surface area contributed by atoms with Gasteiger partial charge in [-0.3, -0.25) is 14.5 Å². The van der Waals surface area contributed by atoms with Gasteiger partial charge in [0.25, 0.3) is 0 Å². The van der Waals surface area contributed by atoms with Crippen LogP contribution in [0.2, 0.25) is 0 Å². The molecule has 3 heteroatoms. The summed E-state index contributed by atoms with van der Waals surface area (Å²) in [6.45, 7) is 0. The molecule has 1 aliphatic heterocycles. The molecule has 2 aliphatic carbocycles. The van der Waals surface area contributed by atoms with Crippen molar-refractivity contribution >= 4 is 11.8 Å². The summed E-state index contributed by atoms with van der Waals surface area (Å²) >= 11 is 0. The molecule has 0 N–H and O–H groups in total. The van der Waals surface area contributed by atoms with Crippen LogP contribution in [0.1, 0.15) is 51.4 Å². The Morgan fingerprint density at radius 1 is 1.12 bits per heavy atom. The lowest BCUT2D eigenvalue weighted by Crippen LogP contribution is -2.40. The third-order valence-electron chi connectivity index (χ3n) is 5.34. The number of carbonyl (C=O) groups is 2. The van der Waals surface area contributed by atoms with E-state index in [9.17, 15) is 9.59 Å². The van der Waals surface area contributed by atoms with E-state index in [1.165, 1.54) is 30.6 Å². The van der Waals surface area contributed by atoms with Gasteiger partial charge in [-0.05, 0) is 31.1 Å². The van der Waals surface area contributed by atoms with Gasteiger partial charge < -0.3 is 0 Å². The maximum Gasteiger partial charge on any atom is 0.235 e. The quantitative estimate of drug-likeness (QED) is 0.604. The molecule has 3 fully saturated rings. The normalized spacial score (nSPS) is 42.1. The lowest BCUT2D eigenvalue weighted by Gasteiger charge is -2.43. The van der Waals surface area contributed by atoms with Crippen molar-refractivity contribution < 1.29 is 9.59 Å². The first-order valence-corrected chi connectivity index (χ1v) is 6.93. The van der Waals surface area contributed by atoms with E-state index in [0.717, 1.165) is 25.2 Å². The van der Waals surface area contributed by atoms with Crippen molar-refractivity contribution in [3.8, 4) is 0 Å². The molecule has 0 aromatic heterocycles. The molecule has 0 unspecified atom stereocenters. The monoisotopic (exact) mass is 235 g/mol. The van der Waals surface area contributed by atoms with Crippen molar-refractivity contribution in [1.82, 2.24) is 4.90 Å². The molecule has 1 saturated heterocycles. The molecule has 3 nitrogen and oxygen atoms in total. The maximum absolute atomic E-state index is 12.3. The Morgan fingerprint density at radius 3 is 2.47 bits per heavy atom. The van der Waals surface area contributed by atoms with Crippen LogP contribution in [0.3, 0.4) is 0 Å². The first kappa shape index (κ1) is 11.2. The molecule has 0 aromatic rings. The van der Waals surface area contributed by atoms with Gasteiger partial charge in [0.15, 0.2) is 0 Å². The highest BCUT2D eigenvalue weighted by atomic mass is 16.2. The molecule has 2 saturated carbocycles. The number of hydrogen-bond acceptors (Lipinski definition) is 2. The highest BCUT2D eigenvalue weighted by Crippen LogP contribution is 2.52. The number of likely N-dealkylation sites (tertiary alicyclic amines) is 1. The second-order valence-corrected chi connectivity index (χ2v) is 6.26. The number of fused-ring (bicyclic) bond motifs is 1. The molecule has 0 aromatic carbocycles. The second kappa shape index (κ2) is 3.82. The van der Waals surface area contributed by atoms with E-state index in [-0.39, 0.29) is 17.2 Å². The SMILES string of the molecule is CN1C(=O)C[C@]2(CC[C@@H]3CCCC[C@@H]3C2)C1=O. The van der Waals surface area contributed by atoms with Crippen molar-refractivity contribution in [2.75, 3.05) is 7.05 Å². The highest BCUT2D eigenvalue weighted by Gasteiger charge is 2.53. The summed E-state index contributed by atoms with van der Waals surface area (Å²) in [7, 11) is 1.65. The van der Waals surface area contributed by atoms with Gasteiger partial charge in [-0.2, -0.15) is 0 Å². The Kier molecular flexibility index (Phi) is 2.53. The van der Waals surface area contributed by atoms with Gasteiger partial charge in [0.1, 0.15) is 0 Å². The third kappa shape index (κ3) is 1.62. The molecular weight excluding hydrogens is 214 g/mol. The van der Waals surface area contributed by atoms with Gasteiger partial charge in [0.2, 0.25) is 11.8 Å². The van der Waals surface area contributed by atoms with Crippen LogP contribution < -0.4 is 0 Å². The lowest BCUT2D eigenvalue weighted by atomic mass is 9.60. The molecule has 0 bridgehead atoms. The molecule has 3 rings (SSSR count). The molecule has 17 heavy (non-hydrogen) atoms. The van der Waals surface area contributed by atoms with E-state index in [1.54, 1.807) is 7.05 Å². The van der Waals surface area contributed by atoms with Gasteiger partial charge in [0.05, 0.1) is 5.41 Å². The van der Waals surface area contributed by atoms with Crippen molar-refractivity contribution in [1.29, 1.82) is 0 Å². The number of hydrogen-bond donors (Lipinski definition) is 0. The summed E-state index contributed by atoms with van der Waals surface area (Å²) < 4.78 is 0. The Balaban J connectivity index is 1.81. The van der Waals surface area contributed by atoms with Crippen LogP contribution in [0, 0.1) is 17.3 Å². The topological polar surface area (TPSA) is 37.4 Å². The molecule has 0 radical (unpaired) electrons. The minimum atomic E-state index is -0.301. The Morgan fingerprint density at radius 2 is 1.82 bits per heavy atom. The van der Waals surface area contributed by atoms with Crippen LogP contribution in [0.4, 0.5) is 0 Å². The van der Waals surface area contributed by atoms with E-state index < -0.39 is 0 Å². The lowest BCUT2D eigenvalue weighted by molar-refractivity contribution is -0.141. The van der Waals surface area contributed by atoms with Crippen LogP contribution in [0.15, 0.2) is 0 Å². The average Bonchev–Trinajstić information content (AvgIpc) is 2.54. The predicted octanol–water partition coefficient (Wildman–Crippen LogP) is 2.35. The van der Waals surface area contributed by atoms with Gasteiger partial charge in [0, 0.05) is 13.5 Å². The van der Waals surface area contributed by atoms with E-state index in [4.69, 9.17) is 0 Å². The fourth-order valence-electron chi connectivity index (χ4n) is 4.31. The zero-order valence-electron chi connectivity index (χ0n) is 10.6. The number of amides is 2. The van der Waals surface area contributed by atoms with E-state index in [0.29, 0.717) is 12.3 Å². The fourth-order valence-corrected chi connectivity index (χ4v) is 4.31. The van der Waals surface area contributed by atoms with Crippen LogP contribution in [-0.4, -0.2) is 23.8 Å². The summed E-state index contributed by atoms with van der Waals surface area (Å²) in [6, 6.07) is 0. The van der Waals surface area contributed by atoms with E-state index in [1.807, 2.05) is 0 Å². The number of rotatable bonds is 0. The summed E-state index contributed by atoms with van der Waals surface area (Å²) in [5.41, 5.74) is -0.301. The molecule has 2 amide bonds. The summed E-state index contributed by atoms with van der Waals surface area (Å²) in [5.74, 6) is 1.68. The van der Waals surface area contributed by atoms with Crippen molar-refractivity contribution in [3.63, 3.8) is 0 Å². The van der Waals surface area contributed by atoms with Crippen LogP contribution in [0.5, 0.6) is 0 Å². The van der Waals surface area contributed by atoms with Gasteiger partial charge in [-0.25, -0.2) is 0 Å². The first-order valence-electron chi connectivity index (χ1n) is 6.93. The largest absolute Gasteiger partial charge is 0.285 e. The Hall–Kier alpha value is -0.860. The highest BCUT2D eigenvalue weighted by molar-refractivity contribution is 6.05. The van der Waals surface area contributed by atoms with Crippen LogP contribution in [-0.2, 0) is 9.59 Å². The molecule has 1 spiro atoms. The first-order chi connectivity index (χ1) is 8.12. The molecule has 1 heterocycles. The second-order valence-electron chi connectivity index (χ2n) is 6.26. The van der Waals surface area contributed by atoms with Crippen molar-refractivity contribution in [2.24, 2.45) is 17.3 Å². The van der Waals surface area contributed by atoms with E-state index in [2.05, 4.69) is 0 Å². The zero-order valence-corrected chi connectivity index (χ0v) is 10.6. The smallest absolute Gasteiger partial charge is 0.235 e. The van der Waals surface area contributed by atoms with E-state index >= 15 is 0 Å². The number of carbonyl (C=O) groups excluding carboxylic acids is 2. The minimum absolute atomic E-state index is 0.0317. The summed E-state index contributed by atoms with van der Waals surface area (Å²) in [5, 5.41) is 0. The van der Waals surface area contributed by atoms with Crippen LogP contribution in [0.25, 0.3) is 0 Å². The number of imide groups is 1. The molecule has 3 aliphatic rings. The minimum Gasteiger partial charge on any atom is -0.285 e. The molecule has 3 atom stereocenters. The van der Waals surface area contributed by atoms with Crippen LogP contribution >= 0.6 is 0 Å². The maximum atomic E-state index is 12.3. The Bertz CT molecular complexity index is 365. The molecule has 94 valence electrons. The van der Waals surface area contributed by atoms with Crippen molar-refractivity contribution in [2.45, 2.75) is 51.4 Å². The third-order valence-corrected chi connectivity index (χ3v) is 5.34. The van der Waals surface area contributed by atoms with Gasteiger partial charge in [-0.15, -0.1) is 0 Å². The summed E-state index contributed by atoms with van der Waals surface area (Å²) in [4.78, 5) is 25.4. The average molecular weight is 235 g/mol. The Labute approximate surface area is 103 Å². The predicted molar refractivity (Wildman–Crippen MR) is 64.1 cm³/mol. The number of nitrogens with zero attached hydrogens (tertiary/aromatic N) is 1.